The lowest BCUT2D eigenvalue weighted by molar-refractivity contribution is 0.0894. The first kappa shape index (κ1) is 13.3. The summed E-state index contributed by atoms with van der Waals surface area (Å²) < 4.78 is 12.9. The van der Waals surface area contributed by atoms with E-state index in [-0.39, 0.29) is 11.8 Å². The number of phenols is 1. The van der Waals surface area contributed by atoms with Crippen molar-refractivity contribution in [1.29, 1.82) is 0 Å². The highest BCUT2D eigenvalue weighted by molar-refractivity contribution is 5.34. The number of piperazine rings is 1. The fraction of sp³-hybridized carbons (Fsp3) is 0.538. The number of nitrogens with one attached hydrogen (secondary N) is 1. The van der Waals surface area contributed by atoms with Crippen molar-refractivity contribution >= 4 is 0 Å². The van der Waals surface area contributed by atoms with E-state index in [1.807, 2.05) is 6.92 Å². The van der Waals surface area contributed by atoms with Crippen molar-refractivity contribution in [1.82, 2.24) is 15.3 Å². The van der Waals surface area contributed by atoms with E-state index in [2.05, 4.69) is 22.4 Å². The van der Waals surface area contributed by atoms with Crippen LogP contribution in [0.3, 0.4) is 0 Å². The van der Waals surface area contributed by atoms with Crippen molar-refractivity contribution in [3.63, 3.8) is 0 Å². The number of halogens is 1. The Balaban J connectivity index is 1.97. The summed E-state index contributed by atoms with van der Waals surface area (Å²) in [6, 6.07) is 4.11. The smallest absolute Gasteiger partial charge is 0.126 e. The molecule has 100 valence electrons. The highest BCUT2D eigenvalue weighted by atomic mass is 19.1. The van der Waals surface area contributed by atoms with Crippen LogP contribution in [0.2, 0.25) is 0 Å². The van der Waals surface area contributed by atoms with E-state index in [0.717, 1.165) is 37.8 Å². The second-order valence-electron chi connectivity index (χ2n) is 4.84. The van der Waals surface area contributed by atoms with E-state index < -0.39 is 5.82 Å². The predicted molar refractivity (Wildman–Crippen MR) is 68.7 cm³/mol. The summed E-state index contributed by atoms with van der Waals surface area (Å²) in [6.45, 7) is 5.90. The number of likely N-dealkylation sites (N-methyl/N-ethyl adjacent to an activating group) is 1. The minimum Gasteiger partial charge on any atom is -0.508 e. The summed E-state index contributed by atoms with van der Waals surface area (Å²) in [5.41, 5.74) is 4.06. The van der Waals surface area contributed by atoms with Gasteiger partial charge in [0, 0.05) is 43.9 Å². The van der Waals surface area contributed by atoms with Crippen molar-refractivity contribution in [2.75, 3.05) is 33.2 Å². The van der Waals surface area contributed by atoms with E-state index in [4.69, 9.17) is 0 Å². The predicted octanol–water partition coefficient (Wildman–Crippen LogP) is 1.34. The van der Waals surface area contributed by atoms with Gasteiger partial charge in [0.2, 0.25) is 0 Å². The number of hydrogen-bond donors (Lipinski definition) is 2. The van der Waals surface area contributed by atoms with Crippen LogP contribution in [-0.4, -0.2) is 48.2 Å². The van der Waals surface area contributed by atoms with Crippen LogP contribution >= 0.6 is 0 Å². The number of benzene rings is 1. The first-order valence-electron chi connectivity index (χ1n) is 6.24. The molecular weight excluding hydrogens is 233 g/mol. The van der Waals surface area contributed by atoms with Crippen LogP contribution in [0.5, 0.6) is 5.75 Å². The third-order valence-electron chi connectivity index (χ3n) is 3.34. The van der Waals surface area contributed by atoms with E-state index in [1.54, 1.807) is 6.07 Å². The van der Waals surface area contributed by atoms with E-state index in [1.165, 1.54) is 6.07 Å². The Hall–Kier alpha value is -1.17. The van der Waals surface area contributed by atoms with Crippen molar-refractivity contribution in [2.45, 2.75) is 13.0 Å². The van der Waals surface area contributed by atoms with Crippen LogP contribution in [-0.2, 0) is 0 Å². The summed E-state index contributed by atoms with van der Waals surface area (Å²) >= 11 is 0. The molecule has 1 aromatic rings. The molecule has 1 aliphatic heterocycles. The zero-order valence-corrected chi connectivity index (χ0v) is 10.9. The molecule has 1 aromatic carbocycles. The molecule has 1 aliphatic rings. The molecule has 1 atom stereocenters. The van der Waals surface area contributed by atoms with E-state index >= 15 is 0 Å². The monoisotopic (exact) mass is 253 g/mol. The van der Waals surface area contributed by atoms with Crippen molar-refractivity contribution in [2.24, 2.45) is 0 Å². The second kappa shape index (κ2) is 5.65. The summed E-state index contributed by atoms with van der Waals surface area (Å²) in [7, 11) is 2.10. The molecule has 1 saturated heterocycles. The van der Waals surface area contributed by atoms with Gasteiger partial charge in [-0.2, -0.15) is 0 Å². The van der Waals surface area contributed by atoms with E-state index in [9.17, 15) is 9.50 Å². The molecule has 18 heavy (non-hydrogen) atoms. The minimum atomic E-state index is -0.414. The van der Waals surface area contributed by atoms with Crippen molar-refractivity contribution < 1.29 is 9.50 Å². The number of nitrogens with zero attached hydrogens (tertiary/aromatic N) is 2. The molecule has 0 amide bonds. The highest BCUT2D eigenvalue weighted by Crippen LogP contribution is 2.24. The van der Waals surface area contributed by atoms with Gasteiger partial charge in [-0.3, -0.25) is 0 Å². The summed E-state index contributed by atoms with van der Waals surface area (Å²) in [5.74, 6) is -0.410. The molecule has 1 fully saturated rings. The average molecular weight is 253 g/mol. The maximum absolute atomic E-state index is 12.9. The van der Waals surface area contributed by atoms with Gasteiger partial charge in [-0.25, -0.2) is 14.8 Å². The number of rotatable bonds is 3. The van der Waals surface area contributed by atoms with Crippen molar-refractivity contribution in [3.8, 4) is 5.75 Å². The maximum atomic E-state index is 12.9. The molecule has 0 spiro atoms. The number of aromatic hydroxyl groups is 1. The Morgan fingerprint density at radius 3 is 2.56 bits per heavy atom. The Morgan fingerprint density at radius 2 is 1.94 bits per heavy atom. The summed E-state index contributed by atoms with van der Waals surface area (Å²) in [4.78, 5) is 2.28. The first-order valence-corrected chi connectivity index (χ1v) is 6.24. The highest BCUT2D eigenvalue weighted by Gasteiger charge is 2.17. The standard InChI is InChI=1S/C13H20FN3O/c1-10(12-4-3-11(14)9-13(12)18)15-17-7-5-16(2)6-8-17/h3-4,9-10,15,18H,5-8H2,1-2H3. The fourth-order valence-electron chi connectivity index (χ4n) is 2.16. The normalized spacial score (nSPS) is 19.9. The summed E-state index contributed by atoms with van der Waals surface area (Å²) in [6.07, 6.45) is 0. The molecule has 0 radical (unpaired) electrons. The molecule has 2 N–H and O–H groups in total. The quantitative estimate of drug-likeness (QED) is 0.853. The molecule has 2 rings (SSSR count). The van der Waals surface area contributed by atoms with Crippen LogP contribution in [0.1, 0.15) is 18.5 Å². The molecular formula is C13H20FN3O. The lowest BCUT2D eigenvalue weighted by Crippen LogP contribution is -2.51. The Labute approximate surface area is 107 Å². The molecule has 1 heterocycles. The molecule has 1 unspecified atom stereocenters. The topological polar surface area (TPSA) is 38.7 Å². The minimum absolute atomic E-state index is 0.00382. The first-order chi connectivity index (χ1) is 8.56. The SMILES string of the molecule is CC(NN1CCN(C)CC1)c1ccc(F)cc1O. The molecule has 0 bridgehead atoms. The number of hydrazine groups is 1. The lowest BCUT2D eigenvalue weighted by Gasteiger charge is -2.34. The molecule has 5 heteroatoms. The van der Waals surface area contributed by atoms with Crippen molar-refractivity contribution in [3.05, 3.63) is 29.6 Å². The Bertz CT molecular complexity index is 405. The van der Waals surface area contributed by atoms with Crippen LogP contribution in [0.4, 0.5) is 4.39 Å². The number of phenolic OH excluding ortho intramolecular Hbond substituents is 1. The third kappa shape index (κ3) is 3.19. The molecule has 4 nitrogen and oxygen atoms in total. The fourth-order valence-corrected chi connectivity index (χ4v) is 2.16. The number of hydrogen-bond acceptors (Lipinski definition) is 4. The van der Waals surface area contributed by atoms with Gasteiger partial charge in [0.15, 0.2) is 0 Å². The average Bonchev–Trinajstić information content (AvgIpc) is 2.32. The van der Waals surface area contributed by atoms with Gasteiger partial charge < -0.3 is 10.0 Å². The van der Waals surface area contributed by atoms with Gasteiger partial charge >= 0.3 is 0 Å². The Kier molecular flexibility index (Phi) is 4.16. The molecule has 0 saturated carbocycles. The van der Waals surface area contributed by atoms with Gasteiger partial charge in [0.05, 0.1) is 0 Å². The van der Waals surface area contributed by atoms with E-state index in [0.29, 0.717) is 0 Å². The van der Waals surface area contributed by atoms with Crippen LogP contribution in [0.25, 0.3) is 0 Å². The summed E-state index contributed by atoms with van der Waals surface area (Å²) in [5, 5.41) is 11.9. The van der Waals surface area contributed by atoms with Crippen LogP contribution in [0, 0.1) is 5.82 Å². The molecule has 0 aliphatic carbocycles. The lowest BCUT2D eigenvalue weighted by atomic mass is 10.1. The van der Waals surface area contributed by atoms with Gasteiger partial charge in [-0.1, -0.05) is 6.07 Å². The second-order valence-corrected chi connectivity index (χ2v) is 4.84. The van der Waals surface area contributed by atoms with Gasteiger partial charge in [0.1, 0.15) is 11.6 Å². The zero-order valence-electron chi connectivity index (χ0n) is 10.9. The third-order valence-corrected chi connectivity index (χ3v) is 3.34. The molecule has 0 aromatic heterocycles. The van der Waals surface area contributed by atoms with Gasteiger partial charge in [-0.05, 0) is 20.0 Å². The Morgan fingerprint density at radius 1 is 1.28 bits per heavy atom. The van der Waals surface area contributed by atoms with Gasteiger partial charge in [0.25, 0.3) is 0 Å². The largest absolute Gasteiger partial charge is 0.508 e. The maximum Gasteiger partial charge on any atom is 0.126 e. The van der Waals surface area contributed by atoms with Crippen LogP contribution < -0.4 is 5.43 Å². The zero-order chi connectivity index (χ0) is 13.1. The van der Waals surface area contributed by atoms with Gasteiger partial charge in [-0.15, -0.1) is 0 Å². The van der Waals surface area contributed by atoms with Crippen LogP contribution in [0.15, 0.2) is 18.2 Å².